The summed E-state index contributed by atoms with van der Waals surface area (Å²) in [4.78, 5) is 21.0. The third kappa shape index (κ3) is 5.12. The summed E-state index contributed by atoms with van der Waals surface area (Å²) in [5, 5.41) is 2.75. The molecule has 1 saturated heterocycles. The molecule has 0 aliphatic carbocycles. The number of carbonyl (C=O) groups is 1. The van der Waals surface area contributed by atoms with Crippen LogP contribution in [0.2, 0.25) is 0 Å². The molecule has 1 aliphatic rings. The summed E-state index contributed by atoms with van der Waals surface area (Å²) in [6.07, 6.45) is 4.83. The molecule has 0 unspecified atom stereocenters. The Labute approximate surface area is 153 Å². The molecule has 6 nitrogen and oxygen atoms in total. The van der Waals surface area contributed by atoms with Crippen LogP contribution in [0.4, 0.5) is 10.1 Å². The highest BCUT2D eigenvalue weighted by Gasteiger charge is 2.19. The molecule has 1 aromatic heterocycles. The van der Waals surface area contributed by atoms with Crippen LogP contribution < -0.4 is 5.32 Å². The number of rotatable bonds is 7. The molecule has 3 rings (SSSR count). The van der Waals surface area contributed by atoms with Crippen molar-refractivity contribution in [3.05, 3.63) is 48.3 Å². The highest BCUT2D eigenvalue weighted by molar-refractivity contribution is 5.92. The lowest BCUT2D eigenvalue weighted by atomic mass is 10.3. The fourth-order valence-corrected chi connectivity index (χ4v) is 3.25. The summed E-state index contributed by atoms with van der Waals surface area (Å²) >= 11 is 0. The average molecular weight is 359 g/mol. The van der Waals surface area contributed by atoms with Crippen LogP contribution in [0.5, 0.6) is 0 Å². The maximum Gasteiger partial charge on any atom is 0.238 e. The number of nitrogens with zero attached hydrogens (tertiary/aromatic N) is 4. The molecule has 1 N–H and O–H groups in total. The van der Waals surface area contributed by atoms with Gasteiger partial charge in [-0.05, 0) is 18.2 Å². The average Bonchev–Trinajstić information content (AvgIpc) is 3.08. The molecular weight excluding hydrogens is 333 g/mol. The van der Waals surface area contributed by atoms with Gasteiger partial charge in [0.25, 0.3) is 0 Å². The standard InChI is InChI=1S/C19H26FN5O/c1-2-18-21-6-7-25(18)13-12-23-8-10-24(11-9-23)15-19(26)22-17-5-3-4-16(20)14-17/h3-7,14H,2,8-13,15H2,1H3,(H,22,26). The van der Waals surface area contributed by atoms with Crippen molar-refractivity contribution in [2.24, 2.45) is 0 Å². The van der Waals surface area contributed by atoms with E-state index in [1.807, 2.05) is 12.4 Å². The minimum absolute atomic E-state index is 0.102. The number of halogens is 1. The summed E-state index contributed by atoms with van der Waals surface area (Å²) in [7, 11) is 0. The van der Waals surface area contributed by atoms with Gasteiger partial charge in [-0.15, -0.1) is 0 Å². The molecule has 0 saturated carbocycles. The number of aryl methyl sites for hydroxylation is 1. The number of hydrogen-bond donors (Lipinski definition) is 1. The second kappa shape index (κ2) is 8.91. The summed E-state index contributed by atoms with van der Waals surface area (Å²) in [5.41, 5.74) is 0.501. The van der Waals surface area contributed by atoms with Gasteiger partial charge < -0.3 is 9.88 Å². The highest BCUT2D eigenvalue weighted by Crippen LogP contribution is 2.10. The molecule has 0 atom stereocenters. The number of nitrogens with one attached hydrogen (secondary N) is 1. The Morgan fingerprint density at radius 2 is 1.96 bits per heavy atom. The van der Waals surface area contributed by atoms with E-state index in [1.54, 1.807) is 12.1 Å². The van der Waals surface area contributed by atoms with E-state index in [4.69, 9.17) is 0 Å². The first-order valence-corrected chi connectivity index (χ1v) is 9.14. The lowest BCUT2D eigenvalue weighted by Crippen LogP contribution is -2.49. The Hall–Kier alpha value is -2.25. The number of piperazine rings is 1. The van der Waals surface area contributed by atoms with E-state index in [-0.39, 0.29) is 11.7 Å². The number of amides is 1. The van der Waals surface area contributed by atoms with Gasteiger partial charge >= 0.3 is 0 Å². The van der Waals surface area contributed by atoms with Crippen LogP contribution in [0.1, 0.15) is 12.7 Å². The van der Waals surface area contributed by atoms with Gasteiger partial charge in [0.2, 0.25) is 5.91 Å². The molecule has 1 fully saturated rings. The van der Waals surface area contributed by atoms with Gasteiger partial charge in [0.05, 0.1) is 6.54 Å². The number of imidazole rings is 1. The van der Waals surface area contributed by atoms with Crippen molar-refractivity contribution in [3.8, 4) is 0 Å². The Morgan fingerprint density at radius 1 is 1.19 bits per heavy atom. The quantitative estimate of drug-likeness (QED) is 0.820. The molecule has 2 heterocycles. The zero-order chi connectivity index (χ0) is 18.4. The molecule has 140 valence electrons. The summed E-state index contributed by atoms with van der Waals surface area (Å²) in [6.45, 7) is 8.02. The van der Waals surface area contributed by atoms with Crippen molar-refractivity contribution >= 4 is 11.6 Å². The van der Waals surface area contributed by atoms with Crippen molar-refractivity contribution in [1.29, 1.82) is 0 Å². The van der Waals surface area contributed by atoms with Gasteiger partial charge in [0.1, 0.15) is 11.6 Å². The van der Waals surface area contributed by atoms with Gasteiger partial charge in [-0.25, -0.2) is 9.37 Å². The van der Waals surface area contributed by atoms with Gasteiger partial charge in [-0.2, -0.15) is 0 Å². The first kappa shape index (κ1) is 18.5. The monoisotopic (exact) mass is 359 g/mol. The lowest BCUT2D eigenvalue weighted by Gasteiger charge is -2.34. The van der Waals surface area contributed by atoms with Crippen molar-refractivity contribution in [2.75, 3.05) is 44.6 Å². The predicted octanol–water partition coefficient (Wildman–Crippen LogP) is 1.84. The third-order valence-corrected chi connectivity index (χ3v) is 4.72. The van der Waals surface area contributed by atoms with E-state index in [0.717, 1.165) is 51.5 Å². The van der Waals surface area contributed by atoms with Crippen molar-refractivity contribution in [1.82, 2.24) is 19.4 Å². The van der Waals surface area contributed by atoms with E-state index in [9.17, 15) is 9.18 Å². The number of benzene rings is 1. The maximum atomic E-state index is 13.2. The van der Waals surface area contributed by atoms with Crippen LogP contribution in [-0.4, -0.2) is 64.5 Å². The van der Waals surface area contributed by atoms with Crippen LogP contribution in [0.15, 0.2) is 36.7 Å². The zero-order valence-corrected chi connectivity index (χ0v) is 15.2. The Morgan fingerprint density at radius 3 is 2.69 bits per heavy atom. The van der Waals surface area contributed by atoms with E-state index < -0.39 is 0 Å². The number of anilines is 1. The number of hydrogen-bond acceptors (Lipinski definition) is 4. The molecule has 1 aliphatic heterocycles. The van der Waals surface area contributed by atoms with Crippen LogP contribution in [0.25, 0.3) is 0 Å². The molecule has 26 heavy (non-hydrogen) atoms. The minimum atomic E-state index is -0.347. The smallest absolute Gasteiger partial charge is 0.238 e. The van der Waals surface area contributed by atoms with Crippen LogP contribution >= 0.6 is 0 Å². The topological polar surface area (TPSA) is 53.4 Å². The molecule has 0 radical (unpaired) electrons. The van der Waals surface area contributed by atoms with E-state index in [2.05, 4.69) is 31.6 Å². The SMILES string of the molecule is CCc1nccn1CCN1CCN(CC(=O)Nc2cccc(F)c2)CC1. The minimum Gasteiger partial charge on any atom is -0.334 e. The molecule has 1 amide bonds. The van der Waals surface area contributed by atoms with E-state index in [1.165, 1.54) is 12.1 Å². The molecule has 0 spiro atoms. The summed E-state index contributed by atoms with van der Waals surface area (Å²) < 4.78 is 15.4. The normalized spacial score (nSPS) is 15.9. The van der Waals surface area contributed by atoms with Crippen LogP contribution in [-0.2, 0) is 17.8 Å². The van der Waals surface area contributed by atoms with Crippen molar-refractivity contribution in [2.45, 2.75) is 19.9 Å². The molecule has 1 aromatic carbocycles. The largest absolute Gasteiger partial charge is 0.334 e. The highest BCUT2D eigenvalue weighted by atomic mass is 19.1. The van der Waals surface area contributed by atoms with Gasteiger partial charge in [-0.1, -0.05) is 13.0 Å². The maximum absolute atomic E-state index is 13.2. The van der Waals surface area contributed by atoms with Crippen molar-refractivity contribution in [3.63, 3.8) is 0 Å². The number of aromatic nitrogens is 2. The summed E-state index contributed by atoms with van der Waals surface area (Å²) in [5.74, 6) is 0.674. The Kier molecular flexibility index (Phi) is 6.35. The lowest BCUT2D eigenvalue weighted by molar-refractivity contribution is -0.117. The Bertz CT molecular complexity index is 724. The number of carbonyl (C=O) groups excluding carboxylic acids is 1. The predicted molar refractivity (Wildman–Crippen MR) is 99.5 cm³/mol. The van der Waals surface area contributed by atoms with Crippen LogP contribution in [0.3, 0.4) is 0 Å². The first-order chi connectivity index (χ1) is 12.6. The molecule has 7 heteroatoms. The van der Waals surface area contributed by atoms with Crippen LogP contribution in [0, 0.1) is 5.82 Å². The van der Waals surface area contributed by atoms with Gasteiger partial charge in [0, 0.05) is 63.8 Å². The molecular formula is C19H26FN5O. The van der Waals surface area contributed by atoms with Gasteiger partial charge in [0.15, 0.2) is 0 Å². The fraction of sp³-hybridized carbons (Fsp3) is 0.474. The summed E-state index contributed by atoms with van der Waals surface area (Å²) in [6, 6.07) is 5.98. The zero-order valence-electron chi connectivity index (χ0n) is 15.2. The second-order valence-corrected chi connectivity index (χ2v) is 6.57. The van der Waals surface area contributed by atoms with Crippen molar-refractivity contribution < 1.29 is 9.18 Å². The Balaban J connectivity index is 1.39. The fourth-order valence-electron chi connectivity index (χ4n) is 3.25. The molecule has 0 bridgehead atoms. The van der Waals surface area contributed by atoms with Gasteiger partial charge in [-0.3, -0.25) is 14.6 Å². The second-order valence-electron chi connectivity index (χ2n) is 6.57. The third-order valence-electron chi connectivity index (χ3n) is 4.72. The molecule has 2 aromatic rings. The van der Waals surface area contributed by atoms with E-state index >= 15 is 0 Å². The first-order valence-electron chi connectivity index (χ1n) is 9.14. The van der Waals surface area contributed by atoms with E-state index in [0.29, 0.717) is 12.2 Å².